The van der Waals surface area contributed by atoms with Crippen LogP contribution in [0.3, 0.4) is 0 Å². The molecule has 0 saturated carbocycles. The normalized spacial score (nSPS) is 17.5. The maximum atomic E-state index is 10.6. The van der Waals surface area contributed by atoms with E-state index in [0.717, 1.165) is 26.2 Å². The van der Waals surface area contributed by atoms with Gasteiger partial charge in [0.15, 0.2) is 0 Å². The first kappa shape index (κ1) is 15.5. The molecule has 0 bridgehead atoms. The molecule has 0 aromatic heterocycles. The number of carboxylic acid groups (broad SMARTS) is 1. The van der Waals surface area contributed by atoms with Crippen LogP contribution in [0.4, 0.5) is 13.2 Å². The average Bonchev–Trinajstić information content (AvgIpc) is 2.19. The van der Waals surface area contributed by atoms with Crippen LogP contribution in [-0.2, 0) is 9.08 Å². The van der Waals surface area contributed by atoms with Crippen molar-refractivity contribution in [3.05, 3.63) is 0 Å². The highest BCUT2D eigenvalue weighted by Gasteiger charge is 2.38. The fourth-order valence-electron chi connectivity index (χ4n) is 0.824. The molecule has 1 heterocycles. The Kier molecular flexibility index (Phi) is 7.47. The van der Waals surface area contributed by atoms with Crippen molar-refractivity contribution in [3.8, 4) is 0 Å². The van der Waals surface area contributed by atoms with E-state index in [1.807, 2.05) is 11.3 Å². The number of hydrogen-bond donors (Lipinski definition) is 2. The van der Waals surface area contributed by atoms with Crippen molar-refractivity contribution in [1.29, 1.82) is 0 Å². The maximum absolute atomic E-state index is 10.6. The Labute approximate surface area is 95.1 Å². The lowest BCUT2D eigenvalue weighted by Gasteiger charge is -2.24. The van der Waals surface area contributed by atoms with Crippen LogP contribution in [-0.4, -0.2) is 54.8 Å². The predicted octanol–water partition coefficient (Wildman–Crippen LogP) is 0.734. The molecule has 0 aromatic carbocycles. The summed E-state index contributed by atoms with van der Waals surface area (Å²) in [6.07, 6.45) is -3.15. The Balaban J connectivity index is 0.000000293. The van der Waals surface area contributed by atoms with Gasteiger partial charge in [-0.2, -0.15) is 18.2 Å². The van der Waals surface area contributed by atoms with E-state index < -0.39 is 12.1 Å². The van der Waals surface area contributed by atoms with E-state index in [2.05, 4.69) is 5.32 Å². The van der Waals surface area contributed by atoms with E-state index in [-0.39, 0.29) is 0 Å². The number of hydrogen-bond acceptors (Lipinski definition) is 5. The first-order valence-electron chi connectivity index (χ1n) is 4.34. The van der Waals surface area contributed by atoms with Gasteiger partial charge in [0.1, 0.15) is 0 Å². The fraction of sp³-hybridized carbons (Fsp3) is 0.857. The molecule has 0 amide bonds. The largest absolute Gasteiger partial charge is 0.490 e. The van der Waals surface area contributed by atoms with E-state index in [0.29, 0.717) is 0 Å². The summed E-state index contributed by atoms with van der Waals surface area (Å²) in [6, 6.07) is 0. The predicted molar refractivity (Wildman–Crippen MR) is 52.7 cm³/mol. The zero-order valence-electron chi connectivity index (χ0n) is 8.58. The molecule has 16 heavy (non-hydrogen) atoms. The Bertz CT molecular complexity index is 207. The topological polar surface area (TPSA) is 61.8 Å². The standard InChI is InChI=1S/C5H12N2OS.C2HF3O2/c1-9-8-7-4-2-6-3-5-7;3-2(4,5)1(6)7/h6H,2-5H2,1H3;(H,6,7). The number of alkyl halides is 3. The Morgan fingerprint density at radius 1 is 1.44 bits per heavy atom. The maximum Gasteiger partial charge on any atom is 0.490 e. The van der Waals surface area contributed by atoms with Crippen LogP contribution in [0.2, 0.25) is 0 Å². The number of carboxylic acids is 1. The second-order valence-corrected chi connectivity index (χ2v) is 3.21. The van der Waals surface area contributed by atoms with Gasteiger partial charge in [0.25, 0.3) is 0 Å². The van der Waals surface area contributed by atoms with Crippen LogP contribution in [0.15, 0.2) is 0 Å². The molecule has 0 radical (unpaired) electrons. The number of carbonyl (C=O) groups is 1. The summed E-state index contributed by atoms with van der Waals surface area (Å²) < 4.78 is 36.9. The molecule has 1 aliphatic rings. The van der Waals surface area contributed by atoms with E-state index >= 15 is 0 Å². The summed E-state index contributed by atoms with van der Waals surface area (Å²) in [5.74, 6) is -2.76. The minimum atomic E-state index is -5.08. The summed E-state index contributed by atoms with van der Waals surface area (Å²) in [5, 5.41) is 12.3. The van der Waals surface area contributed by atoms with E-state index in [1.54, 1.807) is 0 Å². The van der Waals surface area contributed by atoms with Gasteiger partial charge in [0.2, 0.25) is 0 Å². The highest BCUT2D eigenvalue weighted by molar-refractivity contribution is 7.93. The molecule has 1 saturated heterocycles. The van der Waals surface area contributed by atoms with Gasteiger partial charge in [-0.05, 0) is 0 Å². The van der Waals surface area contributed by atoms with E-state index in [9.17, 15) is 13.2 Å². The highest BCUT2D eigenvalue weighted by atomic mass is 32.2. The lowest BCUT2D eigenvalue weighted by atomic mass is 10.4. The van der Waals surface area contributed by atoms with Crippen molar-refractivity contribution in [2.75, 3.05) is 32.4 Å². The third kappa shape index (κ3) is 7.74. The van der Waals surface area contributed by atoms with Crippen LogP contribution in [0.1, 0.15) is 0 Å². The van der Waals surface area contributed by atoms with Gasteiger partial charge >= 0.3 is 12.1 Å². The monoisotopic (exact) mass is 262 g/mol. The molecule has 5 nitrogen and oxygen atoms in total. The van der Waals surface area contributed by atoms with Gasteiger partial charge < -0.3 is 10.4 Å². The SMILES string of the molecule is CSON1CCNCC1.O=C(O)C(F)(F)F. The number of aliphatic carboxylic acids is 1. The van der Waals surface area contributed by atoms with Crippen LogP contribution >= 0.6 is 12.0 Å². The van der Waals surface area contributed by atoms with Gasteiger partial charge in [-0.1, -0.05) is 0 Å². The number of halogens is 3. The lowest BCUT2D eigenvalue weighted by Crippen LogP contribution is -2.42. The smallest absolute Gasteiger partial charge is 0.475 e. The minimum absolute atomic E-state index is 1.00. The van der Waals surface area contributed by atoms with Gasteiger partial charge in [0, 0.05) is 44.5 Å². The van der Waals surface area contributed by atoms with Crippen LogP contribution < -0.4 is 5.32 Å². The molecule has 1 fully saturated rings. The second-order valence-electron chi connectivity index (χ2n) is 2.72. The quantitative estimate of drug-likeness (QED) is 0.716. The second kappa shape index (κ2) is 7.71. The number of nitrogens with zero attached hydrogens (tertiary/aromatic N) is 1. The Hall–Kier alpha value is -0.510. The molecular formula is C7H13F3N2O3S. The lowest BCUT2D eigenvalue weighted by molar-refractivity contribution is -0.192. The van der Waals surface area contributed by atoms with Gasteiger partial charge in [-0.25, -0.2) is 9.08 Å². The van der Waals surface area contributed by atoms with Crippen molar-refractivity contribution in [3.63, 3.8) is 0 Å². The molecule has 1 rings (SSSR count). The van der Waals surface area contributed by atoms with Crippen LogP contribution in [0.5, 0.6) is 0 Å². The number of piperazine rings is 1. The third-order valence-electron chi connectivity index (χ3n) is 1.50. The van der Waals surface area contributed by atoms with Gasteiger partial charge in [-0.3, -0.25) is 0 Å². The van der Waals surface area contributed by atoms with Crippen molar-refractivity contribution >= 4 is 18.0 Å². The fourth-order valence-corrected chi connectivity index (χ4v) is 1.18. The van der Waals surface area contributed by atoms with Gasteiger partial charge in [-0.15, -0.1) is 0 Å². The zero-order chi connectivity index (χ0) is 12.6. The number of nitrogens with one attached hydrogen (secondary N) is 1. The molecule has 1 aliphatic heterocycles. The summed E-state index contributed by atoms with van der Waals surface area (Å²) in [4.78, 5) is 8.90. The average molecular weight is 262 g/mol. The number of rotatable bonds is 2. The van der Waals surface area contributed by atoms with Crippen molar-refractivity contribution in [1.82, 2.24) is 10.4 Å². The molecule has 0 atom stereocenters. The van der Waals surface area contributed by atoms with Crippen molar-refractivity contribution in [2.45, 2.75) is 6.18 Å². The summed E-state index contributed by atoms with van der Waals surface area (Å²) >= 11 is 1.41. The first-order chi connectivity index (χ1) is 7.38. The van der Waals surface area contributed by atoms with Gasteiger partial charge in [0.05, 0.1) is 0 Å². The molecular weight excluding hydrogens is 249 g/mol. The molecule has 0 spiro atoms. The van der Waals surface area contributed by atoms with E-state index in [1.165, 1.54) is 12.0 Å². The Morgan fingerprint density at radius 2 is 1.88 bits per heavy atom. The summed E-state index contributed by atoms with van der Waals surface area (Å²) in [5.41, 5.74) is 0. The molecule has 96 valence electrons. The molecule has 2 N–H and O–H groups in total. The van der Waals surface area contributed by atoms with Crippen molar-refractivity contribution < 1.29 is 27.4 Å². The molecule has 9 heteroatoms. The molecule has 0 aromatic rings. The zero-order valence-corrected chi connectivity index (χ0v) is 9.40. The minimum Gasteiger partial charge on any atom is -0.475 e. The summed E-state index contributed by atoms with van der Waals surface area (Å²) in [7, 11) is 0. The molecule has 0 aliphatic carbocycles. The van der Waals surface area contributed by atoms with E-state index in [4.69, 9.17) is 14.2 Å². The Morgan fingerprint density at radius 3 is 2.19 bits per heavy atom. The van der Waals surface area contributed by atoms with Crippen molar-refractivity contribution in [2.24, 2.45) is 0 Å². The first-order valence-corrected chi connectivity index (χ1v) is 5.49. The molecule has 0 unspecified atom stereocenters. The summed E-state index contributed by atoms with van der Waals surface area (Å²) in [6.45, 7) is 4.09. The highest BCUT2D eigenvalue weighted by Crippen LogP contribution is 2.13. The van der Waals surface area contributed by atoms with Crippen LogP contribution in [0, 0.1) is 0 Å². The van der Waals surface area contributed by atoms with Crippen LogP contribution in [0.25, 0.3) is 0 Å². The number of hydroxylamine groups is 2. The third-order valence-corrected chi connectivity index (χ3v) is 1.86.